The fourth-order valence-corrected chi connectivity index (χ4v) is 3.99. The first kappa shape index (κ1) is 22.2. The molecule has 4 rings (SSSR count). The minimum atomic E-state index is -0.650. The molecule has 4 aromatic rings. The molecule has 0 spiro atoms. The molecule has 0 aliphatic heterocycles. The smallest absolute Gasteiger partial charge is 0.259 e. The molecular weight excluding hydrogens is 467 g/mol. The lowest BCUT2D eigenvalue weighted by Gasteiger charge is -2.23. The highest BCUT2D eigenvalue weighted by Gasteiger charge is 2.24. The number of pyridine rings is 1. The summed E-state index contributed by atoms with van der Waals surface area (Å²) in [6.45, 7) is 0. The van der Waals surface area contributed by atoms with Crippen LogP contribution in [-0.4, -0.2) is 10.9 Å². The van der Waals surface area contributed by atoms with Gasteiger partial charge in [0.2, 0.25) is 0 Å². The first-order chi connectivity index (χ1) is 15.5. The number of ether oxygens (including phenoxy) is 1. The average molecular weight is 484 g/mol. The van der Waals surface area contributed by atoms with Crippen molar-refractivity contribution >= 4 is 46.4 Å². The van der Waals surface area contributed by atoms with E-state index in [4.69, 9.17) is 39.5 Å². The Balaban J connectivity index is 1.75. The maximum absolute atomic E-state index is 13.0. The molecule has 0 bridgehead atoms. The van der Waals surface area contributed by atoms with Crippen LogP contribution in [0.5, 0.6) is 5.75 Å². The summed E-state index contributed by atoms with van der Waals surface area (Å²) in [5, 5.41) is 4.13. The zero-order chi connectivity index (χ0) is 22.5. The summed E-state index contributed by atoms with van der Waals surface area (Å²) < 4.78 is 6.39. The molecule has 0 saturated heterocycles. The second-order valence-corrected chi connectivity index (χ2v) is 8.13. The topological polar surface area (TPSA) is 51.2 Å². The van der Waals surface area contributed by atoms with Gasteiger partial charge in [-0.1, -0.05) is 71.2 Å². The van der Waals surface area contributed by atoms with Gasteiger partial charge in [0.25, 0.3) is 5.91 Å². The average Bonchev–Trinajstić information content (AvgIpc) is 2.80. The quantitative estimate of drug-likeness (QED) is 0.309. The third kappa shape index (κ3) is 5.05. The van der Waals surface area contributed by atoms with E-state index < -0.39 is 6.10 Å². The van der Waals surface area contributed by atoms with Gasteiger partial charge in [0.05, 0.1) is 17.4 Å². The van der Waals surface area contributed by atoms with Crippen molar-refractivity contribution in [3.63, 3.8) is 0 Å². The lowest BCUT2D eigenvalue weighted by molar-refractivity contribution is 0.102. The highest BCUT2D eigenvalue weighted by atomic mass is 35.5. The third-order valence-electron chi connectivity index (χ3n) is 4.71. The molecule has 32 heavy (non-hydrogen) atoms. The van der Waals surface area contributed by atoms with Crippen molar-refractivity contribution in [1.82, 2.24) is 4.98 Å². The Morgan fingerprint density at radius 1 is 0.875 bits per heavy atom. The van der Waals surface area contributed by atoms with Crippen molar-refractivity contribution in [2.45, 2.75) is 6.10 Å². The zero-order valence-corrected chi connectivity index (χ0v) is 18.9. The first-order valence-corrected chi connectivity index (χ1v) is 10.8. The van der Waals surface area contributed by atoms with Gasteiger partial charge in [-0.3, -0.25) is 9.78 Å². The van der Waals surface area contributed by atoms with E-state index in [-0.39, 0.29) is 11.5 Å². The van der Waals surface area contributed by atoms with Gasteiger partial charge < -0.3 is 10.1 Å². The zero-order valence-electron chi connectivity index (χ0n) is 16.6. The lowest BCUT2D eigenvalue weighted by atomic mass is 10.0. The van der Waals surface area contributed by atoms with Gasteiger partial charge in [-0.15, -0.1) is 0 Å². The Bertz CT molecular complexity index is 1210. The number of nitrogens with zero attached hydrogens (tertiary/aromatic N) is 1. The number of hydrogen-bond acceptors (Lipinski definition) is 3. The molecule has 0 aliphatic carbocycles. The van der Waals surface area contributed by atoms with Crippen molar-refractivity contribution < 1.29 is 9.53 Å². The van der Waals surface area contributed by atoms with Gasteiger partial charge in [0, 0.05) is 26.8 Å². The molecule has 1 aromatic heterocycles. The molecule has 1 heterocycles. The summed E-state index contributed by atoms with van der Waals surface area (Å²) in [6.07, 6.45) is 2.53. The van der Waals surface area contributed by atoms with E-state index in [1.54, 1.807) is 60.9 Å². The summed E-state index contributed by atoms with van der Waals surface area (Å²) >= 11 is 19.2. The number of halogens is 3. The number of aromatic nitrogens is 1. The van der Waals surface area contributed by atoms with Crippen LogP contribution in [0, 0.1) is 0 Å². The van der Waals surface area contributed by atoms with Crippen LogP contribution in [0.3, 0.4) is 0 Å². The standard InChI is InChI=1S/C25H17Cl3N2O2/c26-17-11-12-22(19(14-17)25(31)30-18-8-5-13-29-15-18)32-24(16-6-2-1-3-7-16)23-20(27)9-4-10-21(23)28/h1-15,24H,(H,30,31). The van der Waals surface area contributed by atoms with E-state index in [1.165, 1.54) is 0 Å². The van der Waals surface area contributed by atoms with Crippen LogP contribution in [0.1, 0.15) is 27.6 Å². The van der Waals surface area contributed by atoms with E-state index >= 15 is 0 Å². The number of rotatable bonds is 6. The molecule has 3 aromatic carbocycles. The molecule has 0 fully saturated rings. The Morgan fingerprint density at radius 2 is 1.62 bits per heavy atom. The van der Waals surface area contributed by atoms with E-state index in [2.05, 4.69) is 10.3 Å². The minimum absolute atomic E-state index is 0.269. The number of nitrogens with one attached hydrogen (secondary N) is 1. The molecule has 7 heteroatoms. The largest absolute Gasteiger partial charge is 0.480 e. The van der Waals surface area contributed by atoms with Crippen LogP contribution in [0.25, 0.3) is 0 Å². The van der Waals surface area contributed by atoms with Crippen LogP contribution in [-0.2, 0) is 0 Å². The van der Waals surface area contributed by atoms with Crippen LogP contribution >= 0.6 is 34.8 Å². The van der Waals surface area contributed by atoms with Crippen molar-refractivity contribution in [3.8, 4) is 5.75 Å². The molecule has 4 nitrogen and oxygen atoms in total. The Morgan fingerprint density at radius 3 is 2.31 bits per heavy atom. The van der Waals surface area contributed by atoms with Crippen molar-refractivity contribution in [1.29, 1.82) is 0 Å². The van der Waals surface area contributed by atoms with Crippen LogP contribution in [0.15, 0.2) is 91.3 Å². The number of carbonyl (C=O) groups is 1. The van der Waals surface area contributed by atoms with Crippen LogP contribution in [0.4, 0.5) is 5.69 Å². The monoisotopic (exact) mass is 482 g/mol. The van der Waals surface area contributed by atoms with Crippen LogP contribution in [0.2, 0.25) is 15.1 Å². The fourth-order valence-electron chi connectivity index (χ4n) is 3.23. The molecule has 160 valence electrons. The van der Waals surface area contributed by atoms with Crippen LogP contribution < -0.4 is 10.1 Å². The molecule has 1 amide bonds. The second kappa shape index (κ2) is 10.0. The maximum Gasteiger partial charge on any atom is 0.259 e. The molecular formula is C25H17Cl3N2O2. The Hall–Kier alpha value is -3.05. The summed E-state index contributed by atoms with van der Waals surface area (Å²) in [6, 6.07) is 23.1. The third-order valence-corrected chi connectivity index (χ3v) is 5.61. The molecule has 1 atom stereocenters. The highest BCUT2D eigenvalue weighted by molar-refractivity contribution is 6.36. The SMILES string of the molecule is O=C(Nc1cccnc1)c1cc(Cl)ccc1OC(c1ccccc1)c1c(Cl)cccc1Cl. The number of carbonyl (C=O) groups excluding carboxylic acids is 1. The van der Waals surface area contributed by atoms with Crippen molar-refractivity contribution in [2.24, 2.45) is 0 Å². The number of amides is 1. The van der Waals surface area contributed by atoms with Gasteiger partial charge in [0.15, 0.2) is 6.10 Å². The summed E-state index contributed by atoms with van der Waals surface area (Å²) in [7, 11) is 0. The highest BCUT2D eigenvalue weighted by Crippen LogP contribution is 2.38. The van der Waals surface area contributed by atoms with Gasteiger partial charge >= 0.3 is 0 Å². The van der Waals surface area contributed by atoms with Gasteiger partial charge in [-0.25, -0.2) is 0 Å². The Kier molecular flexibility index (Phi) is 6.96. The van der Waals surface area contributed by atoms with E-state index in [0.717, 1.165) is 5.56 Å². The molecule has 0 aliphatic rings. The lowest BCUT2D eigenvalue weighted by Crippen LogP contribution is -2.16. The number of hydrogen-bond donors (Lipinski definition) is 1. The first-order valence-electron chi connectivity index (χ1n) is 9.69. The maximum atomic E-state index is 13.0. The Labute approximate surface area is 200 Å². The van der Waals surface area contributed by atoms with E-state index in [0.29, 0.717) is 32.1 Å². The summed E-state index contributed by atoms with van der Waals surface area (Å²) in [4.78, 5) is 17.1. The molecule has 1 N–H and O–H groups in total. The summed E-state index contributed by atoms with van der Waals surface area (Å²) in [5.74, 6) is -0.0480. The van der Waals surface area contributed by atoms with E-state index in [1.807, 2.05) is 30.3 Å². The predicted octanol–water partition coefficient (Wildman–Crippen LogP) is 7.46. The number of benzene rings is 3. The predicted molar refractivity (Wildman–Crippen MR) is 129 cm³/mol. The van der Waals surface area contributed by atoms with Crippen molar-refractivity contribution in [2.75, 3.05) is 5.32 Å². The van der Waals surface area contributed by atoms with E-state index in [9.17, 15) is 4.79 Å². The molecule has 0 saturated carbocycles. The second-order valence-electron chi connectivity index (χ2n) is 6.88. The van der Waals surface area contributed by atoms with Gasteiger partial charge in [-0.05, 0) is 48.0 Å². The summed E-state index contributed by atoms with van der Waals surface area (Å²) in [5.41, 5.74) is 2.26. The number of anilines is 1. The van der Waals surface area contributed by atoms with Crippen molar-refractivity contribution in [3.05, 3.63) is 123 Å². The normalized spacial score (nSPS) is 11.6. The molecule has 1 unspecified atom stereocenters. The minimum Gasteiger partial charge on any atom is -0.480 e. The molecule has 0 radical (unpaired) electrons. The fraction of sp³-hybridized carbons (Fsp3) is 0.0400. The van der Waals surface area contributed by atoms with Gasteiger partial charge in [-0.2, -0.15) is 0 Å². The van der Waals surface area contributed by atoms with Gasteiger partial charge in [0.1, 0.15) is 5.75 Å².